The molecule has 0 fully saturated rings. The third-order valence-corrected chi connectivity index (χ3v) is 3.64. The molecule has 0 bridgehead atoms. The largest absolute Gasteiger partial charge is 0.382 e. The Bertz CT molecular complexity index is 770. The first-order chi connectivity index (χ1) is 10.6. The van der Waals surface area contributed by atoms with E-state index in [0.29, 0.717) is 11.5 Å². The summed E-state index contributed by atoms with van der Waals surface area (Å²) >= 11 is 0. The zero-order chi connectivity index (χ0) is 15.7. The number of nitrogens with two attached hydrogens (primary N) is 1. The fraction of sp³-hybridized carbons (Fsp3) is 0.176. The van der Waals surface area contributed by atoms with E-state index in [2.05, 4.69) is 15.2 Å². The third kappa shape index (κ3) is 2.53. The number of hydrogen-bond donors (Lipinski definition) is 1. The third-order valence-electron chi connectivity index (χ3n) is 3.64. The van der Waals surface area contributed by atoms with Crippen LogP contribution in [0.2, 0.25) is 0 Å². The van der Waals surface area contributed by atoms with E-state index in [9.17, 15) is 0 Å². The second kappa shape index (κ2) is 5.52. The molecule has 5 nitrogen and oxygen atoms in total. The van der Waals surface area contributed by atoms with Crippen LogP contribution in [0.25, 0.3) is 16.9 Å². The maximum atomic E-state index is 6.23. The molecule has 22 heavy (non-hydrogen) atoms. The van der Waals surface area contributed by atoms with Gasteiger partial charge in [0, 0.05) is 25.3 Å². The minimum Gasteiger partial charge on any atom is -0.382 e. The van der Waals surface area contributed by atoms with E-state index < -0.39 is 0 Å². The van der Waals surface area contributed by atoms with Gasteiger partial charge in [-0.2, -0.15) is 4.68 Å². The smallest absolute Gasteiger partial charge is 0.155 e. The first-order valence-electron chi connectivity index (χ1n) is 7.12. The molecule has 0 aliphatic rings. The van der Waals surface area contributed by atoms with E-state index in [1.807, 2.05) is 69.6 Å². The summed E-state index contributed by atoms with van der Waals surface area (Å²) in [5, 5.41) is 8.41. The van der Waals surface area contributed by atoms with Crippen LogP contribution >= 0.6 is 0 Å². The lowest BCUT2D eigenvalue weighted by atomic mass is 10.1. The molecule has 0 saturated carbocycles. The summed E-state index contributed by atoms with van der Waals surface area (Å²) in [5.74, 6) is 0.543. The molecule has 0 aliphatic carbocycles. The maximum Gasteiger partial charge on any atom is 0.155 e. The van der Waals surface area contributed by atoms with Crippen LogP contribution in [-0.4, -0.2) is 29.1 Å². The predicted molar refractivity (Wildman–Crippen MR) is 90.3 cm³/mol. The molecular formula is C17H19N5. The first kappa shape index (κ1) is 14.1. The Morgan fingerprint density at radius 1 is 0.955 bits per heavy atom. The Hall–Kier alpha value is -2.82. The van der Waals surface area contributed by atoms with Crippen molar-refractivity contribution in [2.75, 3.05) is 24.7 Å². The average Bonchev–Trinajstić information content (AvgIpc) is 2.90. The molecule has 0 atom stereocenters. The van der Waals surface area contributed by atoms with Gasteiger partial charge in [-0.05, 0) is 31.2 Å². The summed E-state index contributed by atoms with van der Waals surface area (Å²) in [6.45, 7) is 2.05. The summed E-state index contributed by atoms with van der Waals surface area (Å²) in [6.07, 6.45) is 0. The highest BCUT2D eigenvalue weighted by atomic mass is 15.5. The molecule has 112 valence electrons. The van der Waals surface area contributed by atoms with Crippen LogP contribution in [0.3, 0.4) is 0 Å². The molecule has 3 rings (SSSR count). The van der Waals surface area contributed by atoms with Crippen LogP contribution in [0.15, 0.2) is 48.5 Å². The van der Waals surface area contributed by atoms with Gasteiger partial charge in [0.2, 0.25) is 0 Å². The highest BCUT2D eigenvalue weighted by molar-refractivity contribution is 5.72. The van der Waals surface area contributed by atoms with Gasteiger partial charge < -0.3 is 10.6 Å². The predicted octanol–water partition coefficient (Wildman–Crippen LogP) is 2.89. The molecule has 0 unspecified atom stereocenters. The Morgan fingerprint density at radius 3 is 2.18 bits per heavy atom. The molecule has 0 amide bonds. The van der Waals surface area contributed by atoms with Gasteiger partial charge in [0.05, 0.1) is 5.69 Å². The maximum absolute atomic E-state index is 6.23. The molecule has 0 radical (unpaired) electrons. The number of aryl methyl sites for hydroxylation is 1. The van der Waals surface area contributed by atoms with Gasteiger partial charge in [-0.25, -0.2) is 0 Å². The second-order valence-electron chi connectivity index (χ2n) is 5.51. The molecule has 0 saturated heterocycles. The van der Waals surface area contributed by atoms with Crippen LogP contribution in [0.1, 0.15) is 5.56 Å². The standard InChI is InChI=1S/C17H19N5/c1-12-4-8-15(9-5-12)22-17(18)16(19-20-22)13-6-10-14(11-7-13)21(2)3/h4-11H,18H2,1-3H3. The SMILES string of the molecule is Cc1ccc(-n2nnc(-c3ccc(N(C)C)cc3)c2N)cc1. The molecule has 1 aromatic heterocycles. The van der Waals surface area contributed by atoms with Gasteiger partial charge in [0.1, 0.15) is 5.69 Å². The van der Waals surface area contributed by atoms with Crippen LogP contribution in [0.5, 0.6) is 0 Å². The monoisotopic (exact) mass is 293 g/mol. The minimum absolute atomic E-state index is 0.543. The van der Waals surface area contributed by atoms with Gasteiger partial charge >= 0.3 is 0 Å². The van der Waals surface area contributed by atoms with Gasteiger partial charge in [0.15, 0.2) is 5.82 Å². The average molecular weight is 293 g/mol. The molecular weight excluding hydrogens is 274 g/mol. The van der Waals surface area contributed by atoms with Crippen molar-refractivity contribution in [2.45, 2.75) is 6.92 Å². The molecule has 0 spiro atoms. The fourth-order valence-corrected chi connectivity index (χ4v) is 2.29. The Balaban J connectivity index is 1.98. The van der Waals surface area contributed by atoms with E-state index in [1.54, 1.807) is 4.68 Å². The van der Waals surface area contributed by atoms with Crippen molar-refractivity contribution in [2.24, 2.45) is 0 Å². The summed E-state index contributed by atoms with van der Waals surface area (Å²) in [7, 11) is 4.02. The summed E-state index contributed by atoms with van der Waals surface area (Å²) < 4.78 is 1.66. The number of rotatable bonds is 3. The Labute approximate surface area is 130 Å². The highest BCUT2D eigenvalue weighted by Crippen LogP contribution is 2.26. The molecule has 5 heteroatoms. The van der Waals surface area contributed by atoms with Gasteiger partial charge in [0.25, 0.3) is 0 Å². The van der Waals surface area contributed by atoms with E-state index in [4.69, 9.17) is 5.73 Å². The fourth-order valence-electron chi connectivity index (χ4n) is 2.29. The number of benzene rings is 2. The number of nitrogen functional groups attached to an aromatic ring is 1. The zero-order valence-electron chi connectivity index (χ0n) is 13.0. The lowest BCUT2D eigenvalue weighted by Crippen LogP contribution is -2.08. The molecule has 0 aliphatic heterocycles. The highest BCUT2D eigenvalue weighted by Gasteiger charge is 2.13. The van der Waals surface area contributed by atoms with E-state index in [-0.39, 0.29) is 0 Å². The van der Waals surface area contributed by atoms with Crippen molar-refractivity contribution >= 4 is 11.5 Å². The Kier molecular flexibility index (Phi) is 3.55. The van der Waals surface area contributed by atoms with Crippen molar-refractivity contribution in [1.82, 2.24) is 15.0 Å². The van der Waals surface area contributed by atoms with Crippen molar-refractivity contribution in [3.63, 3.8) is 0 Å². The molecule has 2 N–H and O–H groups in total. The van der Waals surface area contributed by atoms with E-state index in [1.165, 1.54) is 5.56 Å². The van der Waals surface area contributed by atoms with E-state index in [0.717, 1.165) is 16.9 Å². The Morgan fingerprint density at radius 2 is 1.59 bits per heavy atom. The van der Waals surface area contributed by atoms with Crippen molar-refractivity contribution in [1.29, 1.82) is 0 Å². The van der Waals surface area contributed by atoms with E-state index >= 15 is 0 Å². The zero-order valence-corrected chi connectivity index (χ0v) is 13.0. The number of anilines is 2. The number of hydrogen-bond acceptors (Lipinski definition) is 4. The second-order valence-corrected chi connectivity index (χ2v) is 5.51. The number of nitrogens with zero attached hydrogens (tertiary/aromatic N) is 4. The summed E-state index contributed by atoms with van der Waals surface area (Å²) in [4.78, 5) is 2.05. The first-order valence-corrected chi connectivity index (χ1v) is 7.12. The van der Waals surface area contributed by atoms with Gasteiger partial charge in [-0.15, -0.1) is 5.10 Å². The number of aromatic nitrogens is 3. The minimum atomic E-state index is 0.543. The van der Waals surface area contributed by atoms with Crippen molar-refractivity contribution in [3.8, 4) is 16.9 Å². The quantitative estimate of drug-likeness (QED) is 0.806. The summed E-state index contributed by atoms with van der Waals surface area (Å²) in [5.41, 5.74) is 11.1. The van der Waals surface area contributed by atoms with Crippen LogP contribution in [0, 0.1) is 6.92 Å². The molecule has 2 aromatic carbocycles. The topological polar surface area (TPSA) is 60.0 Å². The van der Waals surface area contributed by atoms with Crippen LogP contribution in [0.4, 0.5) is 11.5 Å². The van der Waals surface area contributed by atoms with Crippen molar-refractivity contribution in [3.05, 3.63) is 54.1 Å². The summed E-state index contributed by atoms with van der Waals surface area (Å²) in [6, 6.07) is 16.1. The van der Waals surface area contributed by atoms with Crippen molar-refractivity contribution < 1.29 is 0 Å². The lowest BCUT2D eigenvalue weighted by molar-refractivity contribution is 0.810. The van der Waals surface area contributed by atoms with Crippen LogP contribution in [-0.2, 0) is 0 Å². The lowest BCUT2D eigenvalue weighted by Gasteiger charge is -2.12. The molecule has 1 heterocycles. The van der Waals surface area contributed by atoms with Gasteiger partial charge in [-0.1, -0.05) is 35.0 Å². The van der Waals surface area contributed by atoms with Gasteiger partial charge in [-0.3, -0.25) is 0 Å². The molecule has 3 aromatic rings. The van der Waals surface area contributed by atoms with Crippen LogP contribution < -0.4 is 10.6 Å². The normalized spacial score (nSPS) is 10.7.